The number of carbonyl (C=O) groups is 1. The normalized spacial score (nSPS) is 13.0. The zero-order valence-corrected chi connectivity index (χ0v) is 10.9. The highest BCUT2D eigenvalue weighted by molar-refractivity contribution is 5.76. The van der Waals surface area contributed by atoms with Gasteiger partial charge < -0.3 is 10.8 Å². The quantitative estimate of drug-likeness (QED) is 0.841. The van der Waals surface area contributed by atoms with E-state index in [9.17, 15) is 14.3 Å². The van der Waals surface area contributed by atoms with Gasteiger partial charge >= 0.3 is 0 Å². The number of hydrogen-bond acceptors (Lipinski definition) is 3. The molecule has 5 heteroatoms. The van der Waals surface area contributed by atoms with Gasteiger partial charge in [0.25, 0.3) is 0 Å². The van der Waals surface area contributed by atoms with Gasteiger partial charge in [0.1, 0.15) is 11.6 Å². The summed E-state index contributed by atoms with van der Waals surface area (Å²) in [7, 11) is 0. The Morgan fingerprint density at radius 2 is 2.06 bits per heavy atom. The fraction of sp³-hybridized carbons (Fsp3) is 0.462. The Hall–Kier alpha value is -1.62. The monoisotopic (exact) mass is 254 g/mol. The smallest absolute Gasteiger partial charge is 0.231 e. The van der Waals surface area contributed by atoms with Crippen LogP contribution in [0, 0.1) is 5.82 Å². The third-order valence-electron chi connectivity index (χ3n) is 2.94. The van der Waals surface area contributed by atoms with E-state index in [1.54, 1.807) is 0 Å². The van der Waals surface area contributed by atoms with Crippen molar-refractivity contribution in [2.45, 2.75) is 32.9 Å². The molecule has 1 rings (SSSR count). The van der Waals surface area contributed by atoms with E-state index in [1.807, 2.05) is 25.7 Å². The average Bonchev–Trinajstić information content (AvgIpc) is 2.24. The molecule has 0 spiro atoms. The maximum absolute atomic E-state index is 12.9. The number of phenols is 1. The van der Waals surface area contributed by atoms with Crippen LogP contribution >= 0.6 is 0 Å². The van der Waals surface area contributed by atoms with Crippen molar-refractivity contribution in [3.8, 4) is 5.75 Å². The second kappa shape index (κ2) is 5.82. The van der Waals surface area contributed by atoms with Gasteiger partial charge in [-0.05, 0) is 26.8 Å². The van der Waals surface area contributed by atoms with Crippen LogP contribution in [0.25, 0.3) is 0 Å². The minimum absolute atomic E-state index is 0.0805. The molecule has 1 amide bonds. The lowest BCUT2D eigenvalue weighted by Gasteiger charge is -2.32. The number of nitrogens with zero attached hydrogens (tertiary/aromatic N) is 1. The van der Waals surface area contributed by atoms with E-state index in [-0.39, 0.29) is 24.4 Å². The van der Waals surface area contributed by atoms with Crippen LogP contribution in [0.1, 0.15) is 32.4 Å². The molecule has 0 aliphatic carbocycles. The third kappa shape index (κ3) is 3.43. The van der Waals surface area contributed by atoms with Crippen LogP contribution in [-0.2, 0) is 4.79 Å². The van der Waals surface area contributed by atoms with Crippen molar-refractivity contribution >= 4 is 5.91 Å². The first-order valence-electron chi connectivity index (χ1n) is 5.85. The molecule has 0 aromatic heterocycles. The average molecular weight is 254 g/mol. The van der Waals surface area contributed by atoms with Crippen molar-refractivity contribution in [3.05, 3.63) is 29.6 Å². The van der Waals surface area contributed by atoms with Gasteiger partial charge in [-0.3, -0.25) is 9.69 Å². The summed E-state index contributed by atoms with van der Waals surface area (Å²) >= 11 is 0. The molecule has 0 bridgehead atoms. The molecular weight excluding hydrogens is 235 g/mol. The van der Waals surface area contributed by atoms with E-state index in [4.69, 9.17) is 5.73 Å². The van der Waals surface area contributed by atoms with Gasteiger partial charge in [-0.2, -0.15) is 0 Å². The van der Waals surface area contributed by atoms with Gasteiger partial charge in [0.2, 0.25) is 5.91 Å². The summed E-state index contributed by atoms with van der Waals surface area (Å²) in [5.74, 6) is -1.04. The third-order valence-corrected chi connectivity index (χ3v) is 2.94. The first-order valence-corrected chi connectivity index (χ1v) is 5.85. The Morgan fingerprint density at radius 1 is 1.44 bits per heavy atom. The number of aromatic hydroxyl groups is 1. The molecular formula is C13H19FN2O2. The first kappa shape index (κ1) is 14.4. The molecule has 0 heterocycles. The second-order valence-electron chi connectivity index (χ2n) is 4.61. The zero-order valence-electron chi connectivity index (χ0n) is 10.9. The van der Waals surface area contributed by atoms with Crippen LogP contribution in [0.15, 0.2) is 18.2 Å². The summed E-state index contributed by atoms with van der Waals surface area (Å²) in [6.45, 7) is 5.80. The lowest BCUT2D eigenvalue weighted by atomic mass is 10.0. The molecule has 1 aromatic rings. The molecule has 0 saturated carbocycles. The Morgan fingerprint density at radius 3 is 2.50 bits per heavy atom. The first-order chi connectivity index (χ1) is 8.32. The highest BCUT2D eigenvalue weighted by Gasteiger charge is 2.22. The van der Waals surface area contributed by atoms with E-state index in [1.165, 1.54) is 12.1 Å². The maximum atomic E-state index is 12.9. The summed E-state index contributed by atoms with van der Waals surface area (Å²) in [5.41, 5.74) is 5.78. The Balaban J connectivity index is 3.01. The van der Waals surface area contributed by atoms with Crippen molar-refractivity contribution in [1.82, 2.24) is 4.90 Å². The highest BCUT2D eigenvalue weighted by Crippen LogP contribution is 2.29. The summed E-state index contributed by atoms with van der Waals surface area (Å²) in [5, 5.41) is 9.74. The number of rotatable bonds is 5. The summed E-state index contributed by atoms with van der Waals surface area (Å²) < 4.78 is 12.9. The van der Waals surface area contributed by atoms with Crippen molar-refractivity contribution in [1.29, 1.82) is 0 Å². The topological polar surface area (TPSA) is 66.6 Å². The number of amides is 1. The molecule has 1 aromatic carbocycles. The highest BCUT2D eigenvalue weighted by atomic mass is 19.1. The Bertz CT molecular complexity index is 435. The minimum atomic E-state index is -0.491. The minimum Gasteiger partial charge on any atom is -0.508 e. The fourth-order valence-corrected chi connectivity index (χ4v) is 2.00. The molecule has 1 atom stereocenters. The number of benzene rings is 1. The fourth-order valence-electron chi connectivity index (χ4n) is 2.00. The summed E-state index contributed by atoms with van der Waals surface area (Å²) in [6.07, 6.45) is 0. The van der Waals surface area contributed by atoms with E-state index < -0.39 is 11.7 Å². The zero-order chi connectivity index (χ0) is 13.9. The van der Waals surface area contributed by atoms with Gasteiger partial charge in [-0.1, -0.05) is 6.07 Å². The van der Waals surface area contributed by atoms with Gasteiger partial charge in [0.15, 0.2) is 0 Å². The predicted molar refractivity (Wildman–Crippen MR) is 67.5 cm³/mol. The van der Waals surface area contributed by atoms with Crippen LogP contribution < -0.4 is 5.73 Å². The van der Waals surface area contributed by atoms with E-state index in [2.05, 4.69) is 0 Å². The molecule has 1 unspecified atom stereocenters. The van der Waals surface area contributed by atoms with Gasteiger partial charge in [-0.15, -0.1) is 0 Å². The van der Waals surface area contributed by atoms with Crippen molar-refractivity contribution in [3.63, 3.8) is 0 Å². The molecule has 18 heavy (non-hydrogen) atoms. The van der Waals surface area contributed by atoms with Crippen molar-refractivity contribution in [2.75, 3.05) is 6.54 Å². The molecule has 0 aliphatic rings. The van der Waals surface area contributed by atoms with Crippen LogP contribution in [0.2, 0.25) is 0 Å². The van der Waals surface area contributed by atoms with Gasteiger partial charge in [-0.25, -0.2) is 4.39 Å². The van der Waals surface area contributed by atoms with Gasteiger partial charge in [0.05, 0.1) is 6.54 Å². The van der Waals surface area contributed by atoms with Crippen LogP contribution in [0.3, 0.4) is 0 Å². The molecule has 3 N–H and O–H groups in total. The number of phenolic OH excluding ortho intramolecular Hbond substituents is 1. The number of halogens is 1. The molecule has 100 valence electrons. The van der Waals surface area contributed by atoms with E-state index in [0.717, 1.165) is 6.07 Å². The second-order valence-corrected chi connectivity index (χ2v) is 4.61. The van der Waals surface area contributed by atoms with Crippen LogP contribution in [0.5, 0.6) is 5.75 Å². The summed E-state index contributed by atoms with van der Waals surface area (Å²) in [4.78, 5) is 12.9. The van der Waals surface area contributed by atoms with E-state index >= 15 is 0 Å². The predicted octanol–water partition coefficient (Wildman–Crippen LogP) is 1.79. The number of hydrogen-bond donors (Lipinski definition) is 2. The van der Waals surface area contributed by atoms with Crippen LogP contribution in [0.4, 0.5) is 4.39 Å². The standard InChI is InChI=1S/C13H19FN2O2/c1-8(2)16(7-13(15)18)9(3)11-5-4-10(14)6-12(11)17/h4-6,8-9,17H,7H2,1-3H3,(H2,15,18). The Labute approximate surface area is 106 Å². The van der Waals surface area contributed by atoms with Gasteiger partial charge in [0, 0.05) is 23.7 Å². The molecule has 0 aliphatic heterocycles. The van der Waals surface area contributed by atoms with Crippen LogP contribution in [-0.4, -0.2) is 28.5 Å². The number of primary amides is 1. The number of carbonyl (C=O) groups excluding carboxylic acids is 1. The van der Waals surface area contributed by atoms with Crippen molar-refractivity contribution in [2.24, 2.45) is 5.73 Å². The lowest BCUT2D eigenvalue weighted by Crippen LogP contribution is -2.40. The largest absolute Gasteiger partial charge is 0.508 e. The maximum Gasteiger partial charge on any atom is 0.231 e. The van der Waals surface area contributed by atoms with Crippen molar-refractivity contribution < 1.29 is 14.3 Å². The SMILES string of the molecule is CC(C)N(CC(N)=O)C(C)c1ccc(F)cc1O. The molecule has 0 radical (unpaired) electrons. The number of nitrogens with two attached hydrogens (primary N) is 1. The summed E-state index contributed by atoms with van der Waals surface area (Å²) in [6, 6.07) is 3.73. The Kier molecular flexibility index (Phi) is 4.67. The molecule has 0 fully saturated rings. The molecule has 4 nitrogen and oxygen atoms in total. The van der Waals surface area contributed by atoms with E-state index in [0.29, 0.717) is 5.56 Å². The molecule has 0 saturated heterocycles. The lowest BCUT2D eigenvalue weighted by molar-refractivity contribution is -0.120.